The number of hydrogen-bond acceptors (Lipinski definition) is 4. The molecule has 2 N–H and O–H groups in total. The van der Waals surface area contributed by atoms with Crippen molar-refractivity contribution in [3.8, 4) is 0 Å². The molecule has 0 radical (unpaired) electrons. The summed E-state index contributed by atoms with van der Waals surface area (Å²) in [5, 5.41) is 11.5. The van der Waals surface area contributed by atoms with Gasteiger partial charge in [0.1, 0.15) is 5.82 Å². The quantitative estimate of drug-likeness (QED) is 0.861. The highest BCUT2D eigenvalue weighted by Gasteiger charge is 2.32. The highest BCUT2D eigenvalue weighted by atomic mass is 16.5. The summed E-state index contributed by atoms with van der Waals surface area (Å²) in [6, 6.07) is 2.72. The van der Waals surface area contributed by atoms with Crippen LogP contribution in [0, 0.1) is 5.92 Å². The zero-order valence-electron chi connectivity index (χ0n) is 10.6. The van der Waals surface area contributed by atoms with Crippen LogP contribution in [0.3, 0.4) is 0 Å². The summed E-state index contributed by atoms with van der Waals surface area (Å²) in [6.07, 6.45) is 2.76. The first-order valence-corrected chi connectivity index (χ1v) is 6.23. The minimum Gasteiger partial charge on any atom is -0.478 e. The van der Waals surface area contributed by atoms with Gasteiger partial charge in [-0.1, -0.05) is 6.92 Å². The van der Waals surface area contributed by atoms with Crippen molar-refractivity contribution >= 4 is 17.7 Å². The summed E-state index contributed by atoms with van der Waals surface area (Å²) in [5.41, 5.74) is 0.0972. The molecular weight excluding hydrogens is 248 g/mol. The van der Waals surface area contributed by atoms with Crippen molar-refractivity contribution in [3.63, 3.8) is 0 Å². The van der Waals surface area contributed by atoms with Gasteiger partial charge in [0.05, 0.1) is 17.6 Å². The van der Waals surface area contributed by atoms with Gasteiger partial charge in [0.2, 0.25) is 5.91 Å². The van der Waals surface area contributed by atoms with Gasteiger partial charge in [-0.05, 0) is 25.0 Å². The number of nitrogens with one attached hydrogen (secondary N) is 1. The summed E-state index contributed by atoms with van der Waals surface area (Å²) in [5.74, 6) is -1.15. The number of nitrogens with zero attached hydrogens (tertiary/aromatic N) is 1. The number of ether oxygens (including phenoxy) is 1. The molecule has 1 fully saturated rings. The minimum absolute atomic E-state index is 0.0670. The van der Waals surface area contributed by atoms with E-state index in [0.717, 1.165) is 6.42 Å². The normalized spacial score (nSPS) is 22.2. The van der Waals surface area contributed by atoms with Gasteiger partial charge < -0.3 is 15.2 Å². The van der Waals surface area contributed by atoms with E-state index in [4.69, 9.17) is 9.84 Å². The lowest BCUT2D eigenvalue weighted by Gasteiger charge is -2.16. The Morgan fingerprint density at radius 1 is 1.58 bits per heavy atom. The molecule has 0 saturated carbocycles. The molecule has 2 rings (SSSR count). The average molecular weight is 264 g/mol. The van der Waals surface area contributed by atoms with E-state index in [-0.39, 0.29) is 29.3 Å². The predicted molar refractivity (Wildman–Crippen MR) is 68.0 cm³/mol. The largest absolute Gasteiger partial charge is 0.478 e. The Bertz CT molecular complexity index is 489. The molecule has 2 atom stereocenters. The second-order valence-corrected chi connectivity index (χ2v) is 4.44. The third-order valence-corrected chi connectivity index (χ3v) is 3.21. The summed E-state index contributed by atoms with van der Waals surface area (Å²) in [7, 11) is 0. The molecular formula is C13H16N2O4. The number of hydrogen-bond donors (Lipinski definition) is 2. The maximum absolute atomic E-state index is 12.1. The highest BCUT2D eigenvalue weighted by Crippen LogP contribution is 2.24. The van der Waals surface area contributed by atoms with E-state index >= 15 is 0 Å². The lowest BCUT2D eigenvalue weighted by atomic mass is 9.99. The number of anilines is 1. The number of carbonyl (C=O) groups excluding carboxylic acids is 1. The molecule has 1 saturated heterocycles. The van der Waals surface area contributed by atoms with Crippen molar-refractivity contribution in [2.24, 2.45) is 5.92 Å². The maximum Gasteiger partial charge on any atom is 0.335 e. The molecule has 2 heterocycles. The van der Waals surface area contributed by atoms with Gasteiger partial charge in [-0.2, -0.15) is 0 Å². The average Bonchev–Trinajstić information content (AvgIpc) is 2.87. The predicted octanol–water partition coefficient (Wildman–Crippen LogP) is 1.53. The molecule has 1 aliphatic heterocycles. The fourth-order valence-corrected chi connectivity index (χ4v) is 2.20. The number of carbonyl (C=O) groups is 2. The van der Waals surface area contributed by atoms with E-state index in [0.29, 0.717) is 13.0 Å². The smallest absolute Gasteiger partial charge is 0.335 e. The van der Waals surface area contributed by atoms with Crippen LogP contribution in [0.25, 0.3) is 0 Å². The van der Waals surface area contributed by atoms with Crippen molar-refractivity contribution in [2.45, 2.75) is 25.9 Å². The summed E-state index contributed by atoms with van der Waals surface area (Å²) < 4.78 is 5.46. The summed E-state index contributed by atoms with van der Waals surface area (Å²) in [6.45, 7) is 2.55. The van der Waals surface area contributed by atoms with Crippen LogP contribution >= 0.6 is 0 Å². The lowest BCUT2D eigenvalue weighted by molar-refractivity contribution is -0.121. The van der Waals surface area contributed by atoms with Crippen molar-refractivity contribution in [3.05, 3.63) is 23.9 Å². The van der Waals surface area contributed by atoms with Gasteiger partial charge in [-0.25, -0.2) is 9.78 Å². The molecule has 1 aromatic rings. The van der Waals surface area contributed by atoms with Crippen LogP contribution in [0.1, 0.15) is 30.1 Å². The van der Waals surface area contributed by atoms with E-state index in [1.807, 2.05) is 6.92 Å². The standard InChI is InChI=1S/C13H16N2O4/c1-2-10-9(4-6-19-10)12(16)15-11-7-8(13(17)18)3-5-14-11/h3,5,7,9-10H,2,4,6H2,1H3,(H,17,18)(H,14,15,16). The second kappa shape index (κ2) is 5.79. The molecule has 102 valence electrons. The van der Waals surface area contributed by atoms with Crippen molar-refractivity contribution < 1.29 is 19.4 Å². The van der Waals surface area contributed by atoms with Crippen LogP contribution in [0.15, 0.2) is 18.3 Å². The SMILES string of the molecule is CCC1OCCC1C(=O)Nc1cc(C(=O)O)ccn1. The van der Waals surface area contributed by atoms with Gasteiger partial charge >= 0.3 is 5.97 Å². The first kappa shape index (κ1) is 13.5. The first-order chi connectivity index (χ1) is 9.11. The molecule has 19 heavy (non-hydrogen) atoms. The minimum atomic E-state index is -1.05. The Balaban J connectivity index is 2.06. The Morgan fingerprint density at radius 3 is 3.05 bits per heavy atom. The van der Waals surface area contributed by atoms with Crippen LogP contribution in [-0.4, -0.2) is 34.7 Å². The van der Waals surface area contributed by atoms with Crippen molar-refractivity contribution in [1.82, 2.24) is 4.98 Å². The lowest BCUT2D eigenvalue weighted by Crippen LogP contribution is -2.29. The summed E-state index contributed by atoms with van der Waals surface area (Å²) in [4.78, 5) is 26.9. The molecule has 1 aliphatic rings. The Labute approximate surface area is 110 Å². The Kier molecular flexibility index (Phi) is 4.11. The van der Waals surface area contributed by atoms with Crippen molar-refractivity contribution in [1.29, 1.82) is 0 Å². The van der Waals surface area contributed by atoms with Crippen LogP contribution < -0.4 is 5.32 Å². The van der Waals surface area contributed by atoms with E-state index in [1.54, 1.807) is 0 Å². The van der Waals surface area contributed by atoms with E-state index in [2.05, 4.69) is 10.3 Å². The molecule has 0 aromatic carbocycles. The van der Waals surface area contributed by atoms with E-state index < -0.39 is 5.97 Å². The van der Waals surface area contributed by atoms with Gasteiger partial charge in [0.15, 0.2) is 0 Å². The third-order valence-electron chi connectivity index (χ3n) is 3.21. The van der Waals surface area contributed by atoms with Gasteiger partial charge in [0, 0.05) is 12.8 Å². The maximum atomic E-state index is 12.1. The van der Waals surface area contributed by atoms with Gasteiger partial charge in [-0.15, -0.1) is 0 Å². The molecule has 1 amide bonds. The van der Waals surface area contributed by atoms with E-state index in [9.17, 15) is 9.59 Å². The number of rotatable bonds is 4. The van der Waals surface area contributed by atoms with Crippen LogP contribution in [0.5, 0.6) is 0 Å². The molecule has 6 nitrogen and oxygen atoms in total. The Morgan fingerprint density at radius 2 is 2.37 bits per heavy atom. The zero-order chi connectivity index (χ0) is 13.8. The first-order valence-electron chi connectivity index (χ1n) is 6.23. The van der Waals surface area contributed by atoms with Crippen LogP contribution in [-0.2, 0) is 9.53 Å². The number of aromatic carboxylic acids is 1. The topological polar surface area (TPSA) is 88.5 Å². The highest BCUT2D eigenvalue weighted by molar-refractivity contribution is 5.94. The number of amides is 1. The third kappa shape index (κ3) is 3.08. The fraction of sp³-hybridized carbons (Fsp3) is 0.462. The zero-order valence-corrected chi connectivity index (χ0v) is 10.6. The number of aromatic nitrogens is 1. The molecule has 0 spiro atoms. The monoisotopic (exact) mass is 264 g/mol. The molecule has 1 aromatic heterocycles. The van der Waals surface area contributed by atoms with Gasteiger partial charge in [-0.3, -0.25) is 4.79 Å². The molecule has 0 bridgehead atoms. The van der Waals surface area contributed by atoms with Crippen LogP contribution in [0.4, 0.5) is 5.82 Å². The van der Waals surface area contributed by atoms with E-state index in [1.165, 1.54) is 18.3 Å². The van der Waals surface area contributed by atoms with Crippen molar-refractivity contribution in [2.75, 3.05) is 11.9 Å². The molecule has 2 unspecified atom stereocenters. The number of carboxylic acids is 1. The number of pyridine rings is 1. The Hall–Kier alpha value is -1.95. The van der Waals surface area contributed by atoms with Crippen LogP contribution in [0.2, 0.25) is 0 Å². The van der Waals surface area contributed by atoms with Gasteiger partial charge in [0.25, 0.3) is 0 Å². The fourth-order valence-electron chi connectivity index (χ4n) is 2.20. The molecule has 6 heteroatoms. The number of carboxylic acid groups (broad SMARTS) is 1. The molecule has 0 aliphatic carbocycles. The second-order valence-electron chi connectivity index (χ2n) is 4.44. The summed E-state index contributed by atoms with van der Waals surface area (Å²) >= 11 is 0.